The lowest BCUT2D eigenvalue weighted by atomic mass is 9.58. The molecule has 7 aromatic heterocycles. The van der Waals surface area contributed by atoms with Gasteiger partial charge in [-0.05, 0) is 166 Å². The van der Waals surface area contributed by atoms with Crippen molar-refractivity contribution in [3.63, 3.8) is 0 Å². The van der Waals surface area contributed by atoms with E-state index in [1.807, 2.05) is 152 Å². The Kier molecular flexibility index (Phi) is 22.5. The predicted molar refractivity (Wildman–Crippen MR) is 472 cm³/mol. The second kappa shape index (κ2) is 33.2. The zero-order chi connectivity index (χ0) is 88.5. The van der Waals surface area contributed by atoms with Crippen LogP contribution in [0.5, 0.6) is 0 Å². The molecule has 19 nitrogen and oxygen atoms in total. The normalized spacial score (nSPS) is 24.8. The Morgan fingerprint density at radius 3 is 1.17 bits per heavy atom. The van der Waals surface area contributed by atoms with Crippen LogP contribution < -0.4 is 0 Å². The minimum absolute atomic E-state index is 0.0352. The van der Waals surface area contributed by atoms with Crippen LogP contribution in [0.1, 0.15) is 168 Å². The minimum Gasteiger partial charge on any atom is -0.308 e. The SMILES string of the molecule is [C-]#[N+]C1=C[C@@]2(C)c3nc(-c4ccc(C(F)(F)F)cc4)nc(-c4ccccc4)c3CC[C@@H]2[C@@H](C)C1=O.[C-]#[N+]C1=C[C@@]2(C)c3nc(-c4ccnc5ccccc45)nc(-c4cccc(C(C)C)c4)c3CC[C@@H]2[C@@H](C)C1=O.[C-]#[N+]C1=C[C@@]2(C)c3nc(-c4ccncc4)nc(C)c3CC[C@@H]2[C@@H](C)C1=O.[C-]#[N+]C1=C[C@@]2(C)c3nc(-c4ccncc4)nc(C)c3CC[C@@H]2[C@@H](C)C1=O. The van der Waals surface area contributed by atoms with Crippen LogP contribution in [-0.4, -0.2) is 78.0 Å². The first-order chi connectivity index (χ1) is 59.8. The van der Waals surface area contributed by atoms with Gasteiger partial charge in [0.2, 0.25) is 22.8 Å². The fourth-order valence-electron chi connectivity index (χ4n) is 21.1. The number of nitrogens with zero attached hydrogens (tertiary/aromatic N) is 15. The summed E-state index contributed by atoms with van der Waals surface area (Å²) in [6.45, 7) is 54.6. The van der Waals surface area contributed by atoms with Crippen molar-refractivity contribution in [2.45, 2.75) is 168 Å². The van der Waals surface area contributed by atoms with E-state index < -0.39 is 33.4 Å². The molecule has 0 radical (unpaired) electrons. The number of hydrogen-bond acceptors (Lipinski definition) is 15. The average molecular weight is 1660 g/mol. The molecule has 11 aromatic rings. The van der Waals surface area contributed by atoms with Gasteiger partial charge < -0.3 is 19.2 Å². The summed E-state index contributed by atoms with van der Waals surface area (Å²) in [5, 5.41) is 0.999. The second-order valence-electron chi connectivity index (χ2n) is 35.3. The van der Waals surface area contributed by atoms with Crippen molar-refractivity contribution in [2.75, 3.05) is 0 Å². The Morgan fingerprint density at radius 2 is 0.752 bits per heavy atom. The van der Waals surface area contributed by atoms with Crippen LogP contribution >= 0.6 is 0 Å². The smallest absolute Gasteiger partial charge is 0.308 e. The Balaban J connectivity index is 0.000000125. The highest BCUT2D eigenvalue weighted by molar-refractivity contribution is 6.03. The van der Waals surface area contributed by atoms with E-state index in [0.717, 1.165) is 164 Å². The van der Waals surface area contributed by atoms with E-state index in [0.29, 0.717) is 41.2 Å². The van der Waals surface area contributed by atoms with Gasteiger partial charge in [-0.25, -0.2) is 59.3 Å². The molecule has 4 aromatic carbocycles. The quantitative estimate of drug-likeness (QED) is 0.135. The monoisotopic (exact) mass is 1660 g/mol. The maximum atomic E-state index is 13.1. The number of ketones is 4. The molecule has 125 heavy (non-hydrogen) atoms. The molecular formula is C103H92F3N15O4. The highest BCUT2D eigenvalue weighted by Gasteiger charge is 2.54. The summed E-state index contributed by atoms with van der Waals surface area (Å²) < 4.78 is 39.4. The molecule has 0 N–H and O–H groups in total. The van der Waals surface area contributed by atoms with Crippen LogP contribution in [0.25, 0.3) is 98.3 Å². The largest absolute Gasteiger partial charge is 0.416 e. The molecule has 12 atom stereocenters. The van der Waals surface area contributed by atoms with E-state index in [1.54, 1.807) is 30.9 Å². The van der Waals surface area contributed by atoms with E-state index in [1.165, 1.54) is 17.7 Å². The van der Waals surface area contributed by atoms with Gasteiger partial charge in [-0.3, -0.25) is 15.0 Å². The topological polar surface area (TPSA) is 228 Å². The van der Waals surface area contributed by atoms with Crippen molar-refractivity contribution in [3.8, 4) is 68.1 Å². The summed E-state index contributed by atoms with van der Waals surface area (Å²) in [4.78, 5) is 117. The first-order valence-electron chi connectivity index (χ1n) is 42.5. The number of benzene rings is 4. The van der Waals surface area contributed by atoms with E-state index >= 15 is 0 Å². The number of carbonyl (C=O) groups is 4. The molecule has 19 rings (SSSR count). The lowest BCUT2D eigenvalue weighted by Crippen LogP contribution is -2.46. The Hall–Kier alpha value is -13.7. The Bertz CT molecular complexity index is 6410. The molecular weight excluding hydrogens is 1570 g/mol. The second-order valence-corrected chi connectivity index (χ2v) is 35.3. The summed E-state index contributed by atoms with van der Waals surface area (Å²) in [7, 11) is 0. The van der Waals surface area contributed by atoms with Gasteiger partial charge in [-0.1, -0.05) is 172 Å². The van der Waals surface area contributed by atoms with E-state index in [4.69, 9.17) is 66.2 Å². The van der Waals surface area contributed by atoms with E-state index in [2.05, 4.69) is 99.3 Å². The van der Waals surface area contributed by atoms with Crippen molar-refractivity contribution < 1.29 is 32.3 Å². The third-order valence-electron chi connectivity index (χ3n) is 27.8. The van der Waals surface area contributed by atoms with Crippen LogP contribution in [0.2, 0.25) is 0 Å². The number of pyridine rings is 3. The first-order valence-corrected chi connectivity index (χ1v) is 42.5. The number of halogens is 3. The number of aromatic nitrogens is 11. The zero-order valence-corrected chi connectivity index (χ0v) is 71.7. The van der Waals surface area contributed by atoms with Gasteiger partial charge >= 0.3 is 6.18 Å². The zero-order valence-electron chi connectivity index (χ0n) is 71.7. The van der Waals surface area contributed by atoms with E-state index in [9.17, 15) is 32.3 Å². The number of Topliss-reactive ketones (excluding diaryl/α,β-unsaturated/α-hetero) is 4. The van der Waals surface area contributed by atoms with Gasteiger partial charge in [-0.15, -0.1) is 0 Å². The summed E-state index contributed by atoms with van der Waals surface area (Å²) >= 11 is 0. The number of allylic oxidation sites excluding steroid dienone is 8. The van der Waals surface area contributed by atoms with Crippen LogP contribution in [0.4, 0.5) is 13.2 Å². The van der Waals surface area contributed by atoms with Crippen LogP contribution in [0, 0.1) is 87.5 Å². The van der Waals surface area contributed by atoms with Crippen molar-refractivity contribution in [2.24, 2.45) is 47.3 Å². The predicted octanol–water partition coefficient (Wildman–Crippen LogP) is 21.4. The molecule has 0 aliphatic heterocycles. The van der Waals surface area contributed by atoms with Gasteiger partial charge in [0, 0.05) is 138 Å². The molecule has 0 amide bonds. The van der Waals surface area contributed by atoms with Crippen molar-refractivity contribution in [1.29, 1.82) is 0 Å². The summed E-state index contributed by atoms with van der Waals surface area (Å²) in [6.07, 6.45) is 18.3. The van der Waals surface area contributed by atoms with Crippen molar-refractivity contribution in [1.82, 2.24) is 54.8 Å². The standard InChI is InChI=1S/C33H30N4O.C28H22F3N3O.2C21H20N4O/c1-19(2)21-9-8-10-22(17-21)29-25-13-14-26-20(3)30(38)28(34-5)18-33(26,4)31(25)37-32(36-29)24-15-16-35-27-12-7-6-11-23(24)27;1-16-21-14-13-20-23(17-7-5-4-6-8-17)33-26(18-9-11-19(12-10-18)28(29,30)31)34-25(20)27(21,2)15-22(32-3)24(16)35;2*1-12-16-6-5-15-13(2)24-20(14-7-9-23-10-8-14)25-19(15)21(16,3)11-17(22-4)18(12)26/h6-12,15-20,26H,13-14H2,1-4H3;4-12,15-16,21H,13-14H2,1-2H3;2*7-12,16H,5-6H2,1-3H3/t20-,26-,33-;16-,21-,27-;2*12-,16-,21-/m1111/s1. The molecule has 0 unspecified atom stereocenters. The van der Waals surface area contributed by atoms with Crippen LogP contribution in [-0.2, 0) is 72.7 Å². The number of para-hydroxylation sites is 1. The number of fused-ring (bicyclic) bond motifs is 13. The maximum absolute atomic E-state index is 13.1. The Morgan fingerprint density at radius 1 is 0.392 bits per heavy atom. The third-order valence-corrected chi connectivity index (χ3v) is 27.8. The molecule has 0 bridgehead atoms. The lowest BCUT2D eigenvalue weighted by Gasteiger charge is -2.46. The van der Waals surface area contributed by atoms with Gasteiger partial charge in [0.15, 0.2) is 46.4 Å². The number of carbonyl (C=O) groups excluding carboxylic acids is 4. The van der Waals surface area contributed by atoms with Gasteiger partial charge in [-0.2, -0.15) is 13.2 Å². The Labute approximate surface area is 725 Å². The third kappa shape index (κ3) is 15.0. The molecule has 0 fully saturated rings. The number of rotatable bonds is 7. The summed E-state index contributed by atoms with van der Waals surface area (Å²) in [5.74, 6) is 1.93. The van der Waals surface area contributed by atoms with Gasteiger partial charge in [0.25, 0.3) is 0 Å². The molecule has 0 saturated carbocycles. The minimum atomic E-state index is -4.43. The fraction of sp³-hybridized carbons (Fsp3) is 0.330. The molecule has 0 spiro atoms. The lowest BCUT2D eigenvalue weighted by molar-refractivity contribution is -0.137. The number of alkyl halides is 3. The number of hydrogen-bond donors (Lipinski definition) is 0. The maximum Gasteiger partial charge on any atom is 0.416 e. The van der Waals surface area contributed by atoms with Crippen LogP contribution in [0.3, 0.4) is 0 Å². The fourth-order valence-corrected chi connectivity index (χ4v) is 21.1. The molecule has 8 aliphatic carbocycles. The molecule has 8 aliphatic rings. The molecule has 22 heteroatoms. The van der Waals surface area contributed by atoms with Gasteiger partial charge in [0.05, 0.1) is 71.5 Å². The van der Waals surface area contributed by atoms with Crippen molar-refractivity contribution >= 4 is 34.0 Å². The van der Waals surface area contributed by atoms with Crippen molar-refractivity contribution in [3.05, 3.63) is 325 Å². The summed E-state index contributed by atoms with van der Waals surface area (Å²) in [6, 6.07) is 40.7. The molecule has 624 valence electrons. The number of aryl methyl sites for hydroxylation is 2. The van der Waals surface area contributed by atoms with E-state index in [-0.39, 0.29) is 93.3 Å². The van der Waals surface area contributed by atoms with Crippen LogP contribution in [0.15, 0.2) is 212 Å². The average Bonchev–Trinajstić information content (AvgIpc) is 0.733. The molecule has 0 saturated heterocycles. The molecule has 7 heterocycles. The first kappa shape index (κ1) is 84.9. The summed E-state index contributed by atoms with van der Waals surface area (Å²) in [5.41, 5.74) is 17.0. The highest BCUT2D eigenvalue weighted by atomic mass is 19.4. The van der Waals surface area contributed by atoms with Gasteiger partial charge in [0.1, 0.15) is 0 Å². The highest BCUT2D eigenvalue weighted by Crippen LogP contribution is 2.56.